The van der Waals surface area contributed by atoms with Crippen LogP contribution in [0.2, 0.25) is 0 Å². The number of anilines is 2. The minimum absolute atomic E-state index is 1.01. The van der Waals surface area contributed by atoms with Crippen LogP contribution >= 0.6 is 11.8 Å². The van der Waals surface area contributed by atoms with E-state index < -0.39 is 0 Å². The summed E-state index contributed by atoms with van der Waals surface area (Å²) >= 11 is 1.91. The van der Waals surface area contributed by atoms with Gasteiger partial charge in [-0.3, -0.25) is 0 Å². The maximum atomic E-state index is 2.52. The zero-order chi connectivity index (χ0) is 17.4. The first-order valence-corrected chi connectivity index (χ1v) is 9.71. The third kappa shape index (κ3) is 3.26. The van der Waals surface area contributed by atoms with E-state index in [1.807, 2.05) is 11.8 Å². The van der Waals surface area contributed by atoms with E-state index in [-0.39, 0.29) is 0 Å². The number of hydrogen-bond acceptors (Lipinski definition) is 2. The van der Waals surface area contributed by atoms with E-state index >= 15 is 0 Å². The molecule has 0 radical (unpaired) electrons. The number of nitrogens with zero attached hydrogens (tertiary/aromatic N) is 2. The van der Waals surface area contributed by atoms with Gasteiger partial charge in [0.2, 0.25) is 0 Å². The molecule has 0 bridgehead atoms. The lowest BCUT2D eigenvalue weighted by Gasteiger charge is -2.34. The first-order valence-electron chi connectivity index (χ1n) is 8.89. The topological polar surface area (TPSA) is 3.24 Å². The number of benzene rings is 3. The van der Waals surface area contributed by atoms with Crippen molar-refractivity contribution in [2.75, 3.05) is 39.1 Å². The number of hydrogen-bond donors (Lipinski definition) is 0. The molecule has 3 heteroatoms. The fourth-order valence-corrected chi connectivity index (χ4v) is 4.73. The summed E-state index contributed by atoms with van der Waals surface area (Å²) in [6.45, 7) is 2.23. The van der Waals surface area contributed by atoms with Crippen molar-refractivity contribution in [1.29, 1.82) is 0 Å². The second-order valence-electron chi connectivity index (χ2n) is 7.72. The lowest BCUT2D eigenvalue weighted by molar-refractivity contribution is -0.870. The molecule has 0 saturated heterocycles. The zero-order valence-corrected chi connectivity index (χ0v) is 16.0. The minimum atomic E-state index is 1.01. The fourth-order valence-electron chi connectivity index (χ4n) is 3.50. The Kier molecular flexibility index (Phi) is 4.22. The van der Waals surface area contributed by atoms with Crippen molar-refractivity contribution in [1.82, 2.24) is 0 Å². The summed E-state index contributed by atoms with van der Waals surface area (Å²) in [5, 5.41) is 2.68. The summed E-state index contributed by atoms with van der Waals surface area (Å²) in [6, 6.07) is 22.1. The van der Waals surface area contributed by atoms with E-state index in [1.54, 1.807) is 0 Å². The van der Waals surface area contributed by atoms with E-state index in [1.165, 1.54) is 44.9 Å². The van der Waals surface area contributed by atoms with Crippen molar-refractivity contribution in [3.8, 4) is 0 Å². The molecule has 25 heavy (non-hydrogen) atoms. The molecule has 0 saturated carbocycles. The molecule has 0 atom stereocenters. The van der Waals surface area contributed by atoms with Gasteiger partial charge in [0.1, 0.15) is 0 Å². The zero-order valence-electron chi connectivity index (χ0n) is 15.2. The largest absolute Gasteiger partial charge is 0.339 e. The van der Waals surface area contributed by atoms with Gasteiger partial charge in [-0.1, -0.05) is 54.2 Å². The van der Waals surface area contributed by atoms with Gasteiger partial charge in [0.15, 0.2) is 0 Å². The Balaban J connectivity index is 1.77. The monoisotopic (exact) mass is 349 g/mol. The summed E-state index contributed by atoms with van der Waals surface area (Å²) < 4.78 is 1.01. The van der Waals surface area contributed by atoms with Crippen LogP contribution in [0.1, 0.15) is 6.42 Å². The molecule has 1 aliphatic heterocycles. The predicted molar refractivity (Wildman–Crippen MR) is 109 cm³/mol. The fraction of sp³-hybridized carbons (Fsp3) is 0.273. The normalized spacial score (nSPS) is 13.6. The molecule has 4 rings (SSSR count). The van der Waals surface area contributed by atoms with E-state index in [2.05, 4.69) is 86.7 Å². The summed E-state index contributed by atoms with van der Waals surface area (Å²) in [6.07, 6.45) is 1.18. The van der Waals surface area contributed by atoms with Crippen LogP contribution in [0.4, 0.5) is 11.4 Å². The Hall–Kier alpha value is -1.97. The number of rotatable bonds is 4. The first kappa shape index (κ1) is 16.5. The van der Waals surface area contributed by atoms with Crippen LogP contribution in [0.25, 0.3) is 10.8 Å². The van der Waals surface area contributed by atoms with Gasteiger partial charge < -0.3 is 9.38 Å². The quantitative estimate of drug-likeness (QED) is 0.569. The SMILES string of the molecule is C[N+](C)(C)CCCN1c2ccccc2Sc2c1ccc1ccccc21. The van der Waals surface area contributed by atoms with Crippen LogP contribution in [0.5, 0.6) is 0 Å². The van der Waals surface area contributed by atoms with E-state index in [0.29, 0.717) is 0 Å². The third-order valence-corrected chi connectivity index (χ3v) is 5.93. The van der Waals surface area contributed by atoms with Gasteiger partial charge in [0, 0.05) is 22.8 Å². The highest BCUT2D eigenvalue weighted by Gasteiger charge is 2.24. The Morgan fingerprint density at radius 1 is 0.840 bits per heavy atom. The van der Waals surface area contributed by atoms with E-state index in [9.17, 15) is 0 Å². The van der Waals surface area contributed by atoms with Crippen LogP contribution in [-0.4, -0.2) is 38.7 Å². The van der Waals surface area contributed by atoms with E-state index in [4.69, 9.17) is 0 Å². The summed E-state index contributed by atoms with van der Waals surface area (Å²) in [7, 11) is 6.80. The molecule has 2 nitrogen and oxygen atoms in total. The van der Waals surface area contributed by atoms with Gasteiger partial charge in [0.25, 0.3) is 0 Å². The smallest absolute Gasteiger partial charge is 0.0797 e. The molecule has 0 aromatic heterocycles. The first-order chi connectivity index (χ1) is 12.0. The molecule has 0 aliphatic carbocycles. The van der Waals surface area contributed by atoms with Crippen LogP contribution in [0, 0.1) is 0 Å². The van der Waals surface area contributed by atoms with Gasteiger partial charge in [-0.25, -0.2) is 0 Å². The second kappa shape index (κ2) is 6.40. The molecular weight excluding hydrogens is 324 g/mol. The molecule has 3 aromatic carbocycles. The number of fused-ring (bicyclic) bond motifs is 4. The highest BCUT2D eigenvalue weighted by atomic mass is 32.2. The van der Waals surface area contributed by atoms with Crippen molar-refractivity contribution in [3.63, 3.8) is 0 Å². The molecule has 128 valence electrons. The Morgan fingerprint density at radius 2 is 1.60 bits per heavy atom. The molecule has 0 fully saturated rings. The summed E-state index contributed by atoms with van der Waals surface area (Å²) in [5.41, 5.74) is 2.69. The molecule has 1 aliphatic rings. The Morgan fingerprint density at radius 3 is 2.44 bits per heavy atom. The predicted octanol–water partition coefficient (Wildman–Crippen LogP) is 5.54. The maximum Gasteiger partial charge on any atom is 0.0797 e. The highest BCUT2D eigenvalue weighted by molar-refractivity contribution is 8.00. The van der Waals surface area contributed by atoms with Crippen LogP contribution in [-0.2, 0) is 0 Å². The molecule has 0 N–H and O–H groups in total. The van der Waals surface area contributed by atoms with Crippen LogP contribution < -0.4 is 4.90 Å². The van der Waals surface area contributed by atoms with Gasteiger partial charge in [0.05, 0.1) is 39.1 Å². The Bertz CT molecular complexity index is 911. The van der Waals surface area contributed by atoms with Gasteiger partial charge in [-0.15, -0.1) is 0 Å². The molecule has 3 aromatic rings. The van der Waals surface area contributed by atoms with Crippen molar-refractivity contribution in [3.05, 3.63) is 60.7 Å². The summed E-state index contributed by atoms with van der Waals surface area (Å²) in [4.78, 5) is 5.27. The van der Waals surface area contributed by atoms with Gasteiger partial charge in [-0.05, 0) is 29.0 Å². The lowest BCUT2D eigenvalue weighted by atomic mass is 10.1. The average molecular weight is 350 g/mol. The van der Waals surface area contributed by atoms with E-state index in [0.717, 1.165) is 11.0 Å². The van der Waals surface area contributed by atoms with Crippen LogP contribution in [0.15, 0.2) is 70.5 Å². The molecule has 0 spiro atoms. The van der Waals surface area contributed by atoms with Gasteiger partial charge >= 0.3 is 0 Å². The molecule has 1 heterocycles. The molecule has 0 amide bonds. The standard InChI is InChI=1S/C22H25N2S/c1-24(2,3)16-8-15-23-19-11-6-7-12-21(19)25-22-18-10-5-4-9-17(18)13-14-20(22)23/h4-7,9-14H,8,15-16H2,1-3H3/q+1. The minimum Gasteiger partial charge on any atom is -0.339 e. The number of para-hydroxylation sites is 1. The third-order valence-electron chi connectivity index (χ3n) is 4.73. The van der Waals surface area contributed by atoms with Crippen molar-refractivity contribution in [2.24, 2.45) is 0 Å². The number of quaternary nitrogens is 1. The molecule has 0 unspecified atom stereocenters. The van der Waals surface area contributed by atoms with Crippen molar-refractivity contribution in [2.45, 2.75) is 16.2 Å². The highest BCUT2D eigenvalue weighted by Crippen LogP contribution is 2.50. The van der Waals surface area contributed by atoms with Gasteiger partial charge in [-0.2, -0.15) is 0 Å². The van der Waals surface area contributed by atoms with Crippen molar-refractivity contribution >= 4 is 33.9 Å². The maximum absolute atomic E-state index is 2.52. The second-order valence-corrected chi connectivity index (χ2v) is 8.78. The summed E-state index contributed by atoms with van der Waals surface area (Å²) in [5.74, 6) is 0. The average Bonchev–Trinajstić information content (AvgIpc) is 2.60. The Labute approximate surface area is 154 Å². The molecular formula is C22H25N2S+. The van der Waals surface area contributed by atoms with Crippen molar-refractivity contribution < 1.29 is 4.48 Å². The lowest BCUT2D eigenvalue weighted by Crippen LogP contribution is -2.37. The van der Waals surface area contributed by atoms with Crippen LogP contribution in [0.3, 0.4) is 0 Å².